The summed E-state index contributed by atoms with van der Waals surface area (Å²) in [5.74, 6) is -0.348. The second kappa shape index (κ2) is 4.71. The average Bonchev–Trinajstić information content (AvgIpc) is 2.80. The largest absolute Gasteiger partial charge is 0.464 e. The molecule has 2 heterocycles. The van der Waals surface area contributed by atoms with Gasteiger partial charge < -0.3 is 14.4 Å². The molecule has 0 aromatic carbocycles. The van der Waals surface area contributed by atoms with Crippen molar-refractivity contribution in [3.05, 3.63) is 0 Å². The highest BCUT2D eigenvalue weighted by molar-refractivity contribution is 5.93. The predicted octanol–water partition coefficient (Wildman–Crippen LogP) is 0.910. The highest BCUT2D eigenvalue weighted by Gasteiger charge is 2.60. The molecule has 18 heavy (non-hydrogen) atoms. The minimum atomic E-state index is -0.862. The van der Waals surface area contributed by atoms with Crippen LogP contribution in [0.2, 0.25) is 0 Å². The zero-order valence-electron chi connectivity index (χ0n) is 10.9. The highest BCUT2D eigenvalue weighted by Crippen LogP contribution is 2.46. The maximum absolute atomic E-state index is 12.3. The molecule has 2 atom stereocenters. The minimum Gasteiger partial charge on any atom is -0.464 e. The van der Waals surface area contributed by atoms with Crippen LogP contribution in [0.3, 0.4) is 0 Å². The molecule has 2 rings (SSSR count). The molecule has 0 saturated carbocycles. The van der Waals surface area contributed by atoms with E-state index in [0.717, 1.165) is 0 Å². The van der Waals surface area contributed by atoms with Gasteiger partial charge in [-0.05, 0) is 26.7 Å². The van der Waals surface area contributed by atoms with Crippen molar-refractivity contribution in [3.63, 3.8) is 0 Å². The number of carbonyl (C=O) groups excluding carboxylic acids is 3. The lowest BCUT2D eigenvalue weighted by Crippen LogP contribution is -2.52. The molecule has 0 N–H and O–H groups in total. The van der Waals surface area contributed by atoms with E-state index in [4.69, 9.17) is 4.74 Å². The van der Waals surface area contributed by atoms with E-state index in [0.29, 0.717) is 38.8 Å². The van der Waals surface area contributed by atoms with Gasteiger partial charge in [-0.2, -0.15) is 0 Å². The Labute approximate surface area is 106 Å². The first kappa shape index (κ1) is 13.1. The van der Waals surface area contributed by atoms with Crippen LogP contribution in [-0.2, 0) is 19.1 Å². The first-order valence-electron chi connectivity index (χ1n) is 6.49. The molecule has 1 amide bonds. The van der Waals surface area contributed by atoms with Crippen LogP contribution in [0.25, 0.3) is 0 Å². The molecule has 2 aliphatic rings. The molecule has 0 spiro atoms. The van der Waals surface area contributed by atoms with Gasteiger partial charge in [0.1, 0.15) is 11.3 Å². The van der Waals surface area contributed by atoms with Gasteiger partial charge in [0, 0.05) is 25.3 Å². The lowest BCUT2D eigenvalue weighted by molar-refractivity contribution is -0.160. The van der Waals surface area contributed by atoms with E-state index in [1.54, 1.807) is 11.8 Å². The Kier molecular flexibility index (Phi) is 3.41. The summed E-state index contributed by atoms with van der Waals surface area (Å²) in [6.45, 7) is 4.15. The monoisotopic (exact) mass is 253 g/mol. The maximum Gasteiger partial charge on any atom is 0.332 e. The van der Waals surface area contributed by atoms with Gasteiger partial charge in [-0.1, -0.05) is 0 Å². The van der Waals surface area contributed by atoms with Crippen LogP contribution >= 0.6 is 0 Å². The molecule has 2 saturated heterocycles. The van der Waals surface area contributed by atoms with E-state index < -0.39 is 5.54 Å². The molecule has 2 aliphatic heterocycles. The molecule has 100 valence electrons. The first-order chi connectivity index (χ1) is 8.52. The smallest absolute Gasteiger partial charge is 0.332 e. The summed E-state index contributed by atoms with van der Waals surface area (Å²) < 4.78 is 5.15. The predicted molar refractivity (Wildman–Crippen MR) is 63.7 cm³/mol. The Bertz CT molecular complexity index is 392. The molecular formula is C13H19NO4. The molecule has 5 nitrogen and oxygen atoms in total. The average molecular weight is 253 g/mol. The summed E-state index contributed by atoms with van der Waals surface area (Å²) in [5, 5.41) is 0. The summed E-state index contributed by atoms with van der Waals surface area (Å²) in [4.78, 5) is 37.1. The van der Waals surface area contributed by atoms with Crippen LogP contribution < -0.4 is 0 Å². The van der Waals surface area contributed by atoms with Crippen LogP contribution in [0.15, 0.2) is 0 Å². The Morgan fingerprint density at radius 3 is 2.83 bits per heavy atom. The van der Waals surface area contributed by atoms with E-state index in [2.05, 4.69) is 0 Å². The van der Waals surface area contributed by atoms with Crippen molar-refractivity contribution in [1.29, 1.82) is 0 Å². The van der Waals surface area contributed by atoms with E-state index in [1.165, 1.54) is 6.92 Å². The molecule has 0 bridgehead atoms. The molecule has 0 unspecified atom stereocenters. The number of fused-ring (bicyclic) bond motifs is 1. The number of amides is 1. The molecule has 2 fully saturated rings. The minimum absolute atomic E-state index is 0.00843. The molecule has 0 aromatic rings. The number of Topliss-reactive ketones (excluding diaryl/α,β-unsaturated/α-hetero) is 1. The van der Waals surface area contributed by atoms with Crippen LogP contribution in [0, 0.1) is 5.92 Å². The maximum atomic E-state index is 12.3. The Morgan fingerprint density at radius 1 is 1.50 bits per heavy atom. The van der Waals surface area contributed by atoms with Crippen molar-refractivity contribution in [2.75, 3.05) is 13.2 Å². The molecule has 0 aliphatic carbocycles. The van der Waals surface area contributed by atoms with Gasteiger partial charge in [0.25, 0.3) is 0 Å². The summed E-state index contributed by atoms with van der Waals surface area (Å²) in [7, 11) is 0. The third-order valence-corrected chi connectivity index (χ3v) is 4.04. The summed E-state index contributed by atoms with van der Waals surface area (Å²) in [6, 6.07) is 0. The van der Waals surface area contributed by atoms with Crippen molar-refractivity contribution in [2.45, 2.75) is 45.1 Å². The zero-order valence-corrected chi connectivity index (χ0v) is 10.9. The number of carbonyl (C=O) groups is 3. The van der Waals surface area contributed by atoms with Gasteiger partial charge in [0.2, 0.25) is 5.91 Å². The Hall–Kier alpha value is -1.39. The van der Waals surface area contributed by atoms with Gasteiger partial charge in [-0.15, -0.1) is 0 Å². The van der Waals surface area contributed by atoms with E-state index in [1.807, 2.05) is 0 Å². The van der Waals surface area contributed by atoms with Gasteiger partial charge in [-0.25, -0.2) is 4.79 Å². The number of hydrogen-bond acceptors (Lipinski definition) is 4. The lowest BCUT2D eigenvalue weighted by Gasteiger charge is -2.34. The molecule has 0 aromatic heterocycles. The normalized spacial score (nSPS) is 30.4. The highest BCUT2D eigenvalue weighted by atomic mass is 16.5. The number of ether oxygens (including phenoxy) is 1. The third kappa shape index (κ3) is 1.82. The number of nitrogens with zero attached hydrogens (tertiary/aromatic N) is 1. The van der Waals surface area contributed by atoms with Crippen molar-refractivity contribution in [1.82, 2.24) is 4.90 Å². The standard InChI is InChI=1S/C13H19NO4/c1-3-18-12(17)13-6-4-11(16)14(13)7-5-10(13)8-9(2)15/h10H,3-8H2,1-2H3/t10-,13-/m1/s1. The number of ketones is 1. The van der Waals surface area contributed by atoms with Crippen molar-refractivity contribution in [2.24, 2.45) is 5.92 Å². The van der Waals surface area contributed by atoms with Crippen molar-refractivity contribution in [3.8, 4) is 0 Å². The van der Waals surface area contributed by atoms with Crippen LogP contribution in [-0.4, -0.2) is 41.3 Å². The second-order valence-corrected chi connectivity index (χ2v) is 5.08. The summed E-state index contributed by atoms with van der Waals surface area (Å²) in [5.41, 5.74) is -0.862. The fourth-order valence-corrected chi connectivity index (χ4v) is 3.32. The third-order valence-electron chi connectivity index (χ3n) is 4.04. The van der Waals surface area contributed by atoms with Crippen LogP contribution in [0.5, 0.6) is 0 Å². The van der Waals surface area contributed by atoms with Gasteiger partial charge >= 0.3 is 5.97 Å². The number of esters is 1. The van der Waals surface area contributed by atoms with Crippen LogP contribution in [0.4, 0.5) is 0 Å². The molecular weight excluding hydrogens is 234 g/mol. The van der Waals surface area contributed by atoms with E-state index in [-0.39, 0.29) is 23.6 Å². The fourth-order valence-electron chi connectivity index (χ4n) is 3.32. The van der Waals surface area contributed by atoms with Crippen molar-refractivity contribution < 1.29 is 19.1 Å². The zero-order chi connectivity index (χ0) is 13.3. The topological polar surface area (TPSA) is 63.7 Å². The SMILES string of the molecule is CCOC(=O)[C@]12CCC(=O)N1CC[C@@H]2CC(C)=O. The summed E-state index contributed by atoms with van der Waals surface area (Å²) >= 11 is 0. The van der Waals surface area contributed by atoms with E-state index >= 15 is 0 Å². The Balaban J connectivity index is 2.30. The van der Waals surface area contributed by atoms with E-state index in [9.17, 15) is 14.4 Å². The summed E-state index contributed by atoms with van der Waals surface area (Å²) in [6.07, 6.45) is 1.93. The quantitative estimate of drug-likeness (QED) is 0.699. The van der Waals surface area contributed by atoms with Gasteiger partial charge in [-0.3, -0.25) is 4.79 Å². The van der Waals surface area contributed by atoms with Gasteiger partial charge in [0.15, 0.2) is 0 Å². The van der Waals surface area contributed by atoms with Crippen molar-refractivity contribution >= 4 is 17.7 Å². The number of hydrogen-bond donors (Lipinski definition) is 0. The Morgan fingerprint density at radius 2 is 2.22 bits per heavy atom. The number of rotatable bonds is 4. The first-order valence-corrected chi connectivity index (χ1v) is 6.49. The lowest BCUT2D eigenvalue weighted by atomic mass is 9.80. The molecule has 5 heteroatoms. The fraction of sp³-hybridized carbons (Fsp3) is 0.769. The van der Waals surface area contributed by atoms with Crippen LogP contribution in [0.1, 0.15) is 39.5 Å². The molecule has 0 radical (unpaired) electrons. The van der Waals surface area contributed by atoms with Gasteiger partial charge in [0.05, 0.1) is 6.61 Å². The second-order valence-electron chi connectivity index (χ2n) is 5.08.